The van der Waals surface area contributed by atoms with Crippen molar-refractivity contribution < 1.29 is 9.57 Å². The normalized spacial score (nSPS) is 24.2. The highest BCUT2D eigenvalue weighted by molar-refractivity contribution is 5.01. The van der Waals surface area contributed by atoms with Crippen LogP contribution in [0.25, 0.3) is 0 Å². The van der Waals surface area contributed by atoms with Crippen molar-refractivity contribution in [3.8, 4) is 0 Å². The van der Waals surface area contributed by atoms with Gasteiger partial charge in [0.2, 0.25) is 0 Å². The molecule has 0 aromatic carbocycles. The lowest BCUT2D eigenvalue weighted by atomic mass is 9.93. The molecule has 1 unspecified atom stereocenters. The van der Waals surface area contributed by atoms with E-state index in [1.807, 2.05) is 6.08 Å². The highest BCUT2D eigenvalue weighted by atomic mass is 16.6. The average molecular weight is 280 g/mol. The van der Waals surface area contributed by atoms with E-state index in [-0.39, 0.29) is 5.54 Å². The average Bonchev–Trinajstić information content (AvgIpc) is 2.66. The van der Waals surface area contributed by atoms with Crippen LogP contribution in [0.1, 0.15) is 32.1 Å². The lowest BCUT2D eigenvalue weighted by molar-refractivity contribution is 0.00333. The molecule has 4 nitrogen and oxygen atoms in total. The predicted molar refractivity (Wildman–Crippen MR) is 83.3 cm³/mol. The Bertz CT molecular complexity index is 306. The Morgan fingerprint density at radius 1 is 1.25 bits per heavy atom. The molecule has 1 rings (SSSR count). The number of rotatable bonds is 9. The van der Waals surface area contributed by atoms with Gasteiger partial charge in [0.25, 0.3) is 0 Å². The minimum Gasteiger partial charge on any atom is -0.381 e. The second-order valence-corrected chi connectivity index (χ2v) is 5.17. The van der Waals surface area contributed by atoms with Crippen molar-refractivity contribution in [2.45, 2.75) is 37.6 Å². The molecule has 1 aliphatic heterocycles. The zero-order valence-electron chi connectivity index (χ0n) is 12.4. The maximum absolute atomic E-state index is 6.29. The number of nitrogens with one attached hydrogen (secondary N) is 1. The minimum absolute atomic E-state index is 0.241. The molecule has 1 aliphatic rings. The third kappa shape index (κ3) is 8.27. The van der Waals surface area contributed by atoms with Gasteiger partial charge in [-0.3, -0.25) is 4.84 Å². The van der Waals surface area contributed by atoms with Crippen molar-refractivity contribution in [1.82, 2.24) is 5.48 Å². The lowest BCUT2D eigenvalue weighted by Gasteiger charge is -2.26. The van der Waals surface area contributed by atoms with E-state index in [0.29, 0.717) is 6.61 Å². The van der Waals surface area contributed by atoms with E-state index in [1.54, 1.807) is 6.08 Å². The van der Waals surface area contributed by atoms with Gasteiger partial charge in [-0.2, -0.15) is 0 Å². The fourth-order valence-corrected chi connectivity index (χ4v) is 2.05. The molecule has 0 bridgehead atoms. The van der Waals surface area contributed by atoms with E-state index in [4.69, 9.17) is 15.3 Å². The van der Waals surface area contributed by atoms with Crippen LogP contribution in [-0.2, 0) is 9.57 Å². The number of hydrogen-bond acceptors (Lipinski definition) is 4. The largest absolute Gasteiger partial charge is 0.381 e. The van der Waals surface area contributed by atoms with Gasteiger partial charge in [0.15, 0.2) is 0 Å². The zero-order chi connectivity index (χ0) is 14.5. The molecule has 0 radical (unpaired) electrons. The summed E-state index contributed by atoms with van der Waals surface area (Å²) < 4.78 is 5.41. The van der Waals surface area contributed by atoms with E-state index in [9.17, 15) is 0 Å². The number of hydrogen-bond donors (Lipinski definition) is 2. The SMILES string of the molecule is C=C/C=C\C/C=C\CCNOCC1(N)CCCOCC1. The second-order valence-electron chi connectivity index (χ2n) is 5.17. The van der Waals surface area contributed by atoms with E-state index >= 15 is 0 Å². The first-order valence-electron chi connectivity index (χ1n) is 7.41. The molecule has 1 fully saturated rings. The Hall–Kier alpha value is -0.940. The van der Waals surface area contributed by atoms with Crippen molar-refractivity contribution in [2.24, 2.45) is 5.73 Å². The van der Waals surface area contributed by atoms with Crippen LogP contribution in [-0.4, -0.2) is 31.9 Å². The van der Waals surface area contributed by atoms with Crippen LogP contribution in [0, 0.1) is 0 Å². The number of allylic oxidation sites excluding steroid dienone is 4. The quantitative estimate of drug-likeness (QED) is 0.295. The Morgan fingerprint density at radius 3 is 3.00 bits per heavy atom. The second kappa shape index (κ2) is 10.8. The first-order chi connectivity index (χ1) is 9.77. The monoisotopic (exact) mass is 280 g/mol. The Kier molecular flexibility index (Phi) is 9.24. The van der Waals surface area contributed by atoms with E-state index in [1.165, 1.54) is 0 Å². The van der Waals surface area contributed by atoms with Gasteiger partial charge in [0, 0.05) is 25.3 Å². The highest BCUT2D eigenvalue weighted by Gasteiger charge is 2.26. The fourth-order valence-electron chi connectivity index (χ4n) is 2.05. The molecule has 1 saturated heterocycles. The van der Waals surface area contributed by atoms with Crippen LogP contribution in [0.3, 0.4) is 0 Å². The molecular weight excluding hydrogens is 252 g/mol. The maximum Gasteiger partial charge on any atom is 0.0862 e. The number of hydroxylamine groups is 1. The summed E-state index contributed by atoms with van der Waals surface area (Å²) in [6, 6.07) is 0. The van der Waals surface area contributed by atoms with Crippen molar-refractivity contribution in [3.63, 3.8) is 0 Å². The van der Waals surface area contributed by atoms with Gasteiger partial charge >= 0.3 is 0 Å². The molecule has 0 aromatic heterocycles. The van der Waals surface area contributed by atoms with Crippen molar-refractivity contribution in [3.05, 3.63) is 37.0 Å². The number of nitrogens with two attached hydrogens (primary N) is 1. The lowest BCUT2D eigenvalue weighted by Crippen LogP contribution is -2.46. The van der Waals surface area contributed by atoms with Gasteiger partial charge < -0.3 is 10.5 Å². The van der Waals surface area contributed by atoms with Crippen LogP contribution in [0.5, 0.6) is 0 Å². The smallest absolute Gasteiger partial charge is 0.0862 e. The van der Waals surface area contributed by atoms with Crippen LogP contribution in [0.4, 0.5) is 0 Å². The van der Waals surface area contributed by atoms with Gasteiger partial charge in [-0.15, -0.1) is 0 Å². The summed E-state index contributed by atoms with van der Waals surface area (Å²) in [6.07, 6.45) is 14.8. The molecule has 114 valence electrons. The van der Waals surface area contributed by atoms with Crippen LogP contribution < -0.4 is 11.2 Å². The van der Waals surface area contributed by atoms with Crippen molar-refractivity contribution >= 4 is 0 Å². The third-order valence-corrected chi connectivity index (χ3v) is 3.29. The Balaban J connectivity index is 2.01. The molecule has 0 aromatic rings. The molecule has 0 spiro atoms. The molecule has 0 saturated carbocycles. The predicted octanol–water partition coefficient (Wildman–Crippen LogP) is 2.48. The van der Waals surface area contributed by atoms with Crippen molar-refractivity contribution in [1.29, 1.82) is 0 Å². The molecule has 3 N–H and O–H groups in total. The van der Waals surface area contributed by atoms with Crippen molar-refractivity contribution in [2.75, 3.05) is 26.4 Å². The standard InChI is InChI=1S/C16H28N2O2/c1-2-3-4-5-6-7-8-12-18-20-15-16(17)10-9-13-19-14-11-16/h2-4,6-7,18H,1,5,8-15,17H2/b4-3-,7-6-. The summed E-state index contributed by atoms with van der Waals surface area (Å²) in [5.74, 6) is 0. The molecule has 20 heavy (non-hydrogen) atoms. The molecule has 1 atom stereocenters. The van der Waals surface area contributed by atoms with Gasteiger partial charge in [0.1, 0.15) is 0 Å². The summed E-state index contributed by atoms with van der Waals surface area (Å²) in [6.45, 7) is 6.52. The summed E-state index contributed by atoms with van der Waals surface area (Å²) in [5.41, 5.74) is 9.03. The first kappa shape index (κ1) is 17.1. The van der Waals surface area contributed by atoms with Gasteiger partial charge in [-0.05, 0) is 32.1 Å². The summed E-state index contributed by atoms with van der Waals surface area (Å²) in [5, 5.41) is 0. The summed E-state index contributed by atoms with van der Waals surface area (Å²) in [7, 11) is 0. The molecular formula is C16H28N2O2. The Labute approximate surface area is 122 Å². The Morgan fingerprint density at radius 2 is 2.15 bits per heavy atom. The summed E-state index contributed by atoms with van der Waals surface area (Å²) >= 11 is 0. The molecule has 1 heterocycles. The molecule has 0 amide bonds. The first-order valence-corrected chi connectivity index (χ1v) is 7.41. The zero-order valence-corrected chi connectivity index (χ0v) is 12.4. The molecule has 0 aliphatic carbocycles. The van der Waals surface area contributed by atoms with Gasteiger partial charge in [-0.1, -0.05) is 37.0 Å². The third-order valence-electron chi connectivity index (χ3n) is 3.29. The number of ether oxygens (including phenoxy) is 1. The minimum atomic E-state index is -0.241. The van der Waals surface area contributed by atoms with Gasteiger partial charge in [-0.25, -0.2) is 5.48 Å². The van der Waals surface area contributed by atoms with E-state index < -0.39 is 0 Å². The van der Waals surface area contributed by atoms with E-state index in [0.717, 1.165) is 51.9 Å². The molecule has 4 heteroatoms. The summed E-state index contributed by atoms with van der Waals surface area (Å²) in [4.78, 5) is 5.49. The highest BCUT2D eigenvalue weighted by Crippen LogP contribution is 2.18. The van der Waals surface area contributed by atoms with Crippen LogP contribution >= 0.6 is 0 Å². The topological polar surface area (TPSA) is 56.5 Å². The van der Waals surface area contributed by atoms with Crippen LogP contribution in [0.2, 0.25) is 0 Å². The maximum atomic E-state index is 6.29. The van der Waals surface area contributed by atoms with Crippen LogP contribution in [0.15, 0.2) is 37.0 Å². The fraction of sp³-hybridized carbons (Fsp3) is 0.625. The van der Waals surface area contributed by atoms with E-state index in [2.05, 4.69) is 30.3 Å². The van der Waals surface area contributed by atoms with Gasteiger partial charge in [0.05, 0.1) is 6.61 Å².